The van der Waals surface area contributed by atoms with Crippen LogP contribution >= 0.6 is 0 Å². The Balaban J connectivity index is 1.40. The second-order valence-corrected chi connectivity index (χ2v) is 9.52. The minimum absolute atomic E-state index is 0.00583. The number of nitrogens with one attached hydrogen (secondary N) is 2. The molecule has 2 amide bonds. The summed E-state index contributed by atoms with van der Waals surface area (Å²) in [5.41, 5.74) is 1.32. The fraction of sp³-hybridized carbons (Fsp3) is 0.345. The first-order valence-electron chi connectivity index (χ1n) is 13.0. The number of phenols is 1. The third-order valence-corrected chi connectivity index (χ3v) is 6.79. The molecule has 0 unspecified atom stereocenters. The number of hydrogen-bond acceptors (Lipinski definition) is 7. The maximum absolute atomic E-state index is 13.0. The molecule has 2 atom stereocenters. The van der Waals surface area contributed by atoms with E-state index in [1.807, 2.05) is 35.2 Å². The van der Waals surface area contributed by atoms with Crippen molar-refractivity contribution in [2.45, 2.75) is 25.6 Å². The summed E-state index contributed by atoms with van der Waals surface area (Å²) in [6.45, 7) is 2.01. The lowest BCUT2D eigenvalue weighted by atomic mass is 10.1. The van der Waals surface area contributed by atoms with Crippen molar-refractivity contribution >= 4 is 22.9 Å². The van der Waals surface area contributed by atoms with E-state index in [9.17, 15) is 19.5 Å². The van der Waals surface area contributed by atoms with Crippen molar-refractivity contribution < 1.29 is 24.5 Å². The van der Waals surface area contributed by atoms with Crippen LogP contribution in [0.3, 0.4) is 0 Å². The van der Waals surface area contributed by atoms with Gasteiger partial charge >= 0.3 is 6.09 Å². The number of carbonyl (C=O) groups excluding carboxylic acids is 2. The fourth-order valence-corrected chi connectivity index (χ4v) is 4.84. The third kappa shape index (κ3) is 7.68. The van der Waals surface area contributed by atoms with Crippen LogP contribution in [0.5, 0.6) is 5.75 Å². The van der Waals surface area contributed by atoms with E-state index in [-0.39, 0.29) is 36.3 Å². The van der Waals surface area contributed by atoms with Gasteiger partial charge in [0, 0.05) is 44.9 Å². The number of hydrogen-bond donors (Lipinski definition) is 4. The molecule has 1 fully saturated rings. The van der Waals surface area contributed by atoms with Gasteiger partial charge in [-0.25, -0.2) is 4.79 Å². The smallest absolute Gasteiger partial charge is 0.407 e. The van der Waals surface area contributed by atoms with Crippen molar-refractivity contribution in [3.63, 3.8) is 0 Å². The summed E-state index contributed by atoms with van der Waals surface area (Å²) >= 11 is 0. The van der Waals surface area contributed by atoms with Gasteiger partial charge in [0.1, 0.15) is 12.4 Å². The van der Waals surface area contributed by atoms with Crippen molar-refractivity contribution in [3.8, 4) is 5.75 Å². The van der Waals surface area contributed by atoms with Crippen molar-refractivity contribution in [2.24, 2.45) is 5.92 Å². The van der Waals surface area contributed by atoms with E-state index in [0.29, 0.717) is 44.7 Å². The zero-order valence-corrected chi connectivity index (χ0v) is 21.7. The summed E-state index contributed by atoms with van der Waals surface area (Å²) in [6.07, 6.45) is 3.25. The maximum Gasteiger partial charge on any atom is 0.407 e. The van der Waals surface area contributed by atoms with Crippen LogP contribution in [-0.2, 0) is 22.7 Å². The Hall–Kier alpha value is -4.15. The van der Waals surface area contributed by atoms with Gasteiger partial charge < -0.3 is 30.2 Å². The van der Waals surface area contributed by atoms with Crippen LogP contribution in [0.4, 0.5) is 4.79 Å². The molecule has 0 radical (unpaired) electrons. The number of nitrogens with zero attached hydrogens (tertiary/aromatic N) is 2. The topological polar surface area (TPSA) is 133 Å². The third-order valence-electron chi connectivity index (χ3n) is 6.79. The molecule has 10 nitrogen and oxygen atoms in total. The molecule has 4 N–H and O–H groups in total. The van der Waals surface area contributed by atoms with E-state index >= 15 is 0 Å². The van der Waals surface area contributed by atoms with Crippen molar-refractivity contribution in [1.82, 2.24) is 20.1 Å². The number of aliphatic hydroxyl groups is 1. The molecule has 0 bridgehead atoms. The first-order chi connectivity index (χ1) is 18.9. The molecule has 2 aromatic carbocycles. The van der Waals surface area contributed by atoms with Gasteiger partial charge in [-0.05, 0) is 41.5 Å². The van der Waals surface area contributed by atoms with Crippen LogP contribution < -0.4 is 16.2 Å². The minimum Gasteiger partial charge on any atom is -0.508 e. The molecular formula is C29H34N4O6. The zero-order chi connectivity index (χ0) is 27.6. The number of ether oxygens (including phenoxy) is 1. The SMILES string of the molecule is O=C(NC[C@@H]1C[C@@H](C(=O)NC/C=C/CO)N(CCn2c(=O)ccc3ccc(O)cc32)C1)OCc1ccccc1. The number of aromatic hydroxyl groups is 1. The fourth-order valence-electron chi connectivity index (χ4n) is 4.84. The van der Waals surface area contributed by atoms with E-state index in [1.54, 1.807) is 41.0 Å². The van der Waals surface area contributed by atoms with E-state index in [0.717, 1.165) is 10.9 Å². The Morgan fingerprint density at radius 3 is 2.62 bits per heavy atom. The highest BCUT2D eigenvalue weighted by Gasteiger charge is 2.36. The number of rotatable bonds is 11. The number of carbonyl (C=O) groups is 2. The molecule has 2 heterocycles. The molecule has 3 aromatic rings. The van der Waals surface area contributed by atoms with Crippen molar-refractivity contribution in [2.75, 3.05) is 32.8 Å². The standard InChI is InChI=1S/C29H34N4O6/c34-15-5-4-12-30-28(37)26-16-22(18-31-29(38)39-20-21-6-2-1-3-7-21)19-32(26)13-14-33-25-17-24(35)10-8-23(25)9-11-27(33)36/h1-11,17,22,26,34-35H,12-16,18-20H2,(H,30,37)(H,31,38)/b5-4+/t22-,26-/m0/s1. The Kier molecular flexibility index (Phi) is 9.71. The highest BCUT2D eigenvalue weighted by molar-refractivity contribution is 5.82. The molecule has 0 spiro atoms. The van der Waals surface area contributed by atoms with Gasteiger partial charge in [0.15, 0.2) is 0 Å². The van der Waals surface area contributed by atoms with Gasteiger partial charge in [-0.2, -0.15) is 0 Å². The molecule has 1 aliphatic rings. The molecule has 1 aromatic heterocycles. The summed E-state index contributed by atoms with van der Waals surface area (Å²) in [5.74, 6) is -0.0811. The van der Waals surface area contributed by atoms with E-state index in [1.165, 1.54) is 6.07 Å². The summed E-state index contributed by atoms with van der Waals surface area (Å²) in [6, 6.07) is 17.1. The average Bonchev–Trinajstić information content (AvgIpc) is 3.36. The highest BCUT2D eigenvalue weighted by atomic mass is 16.5. The number of fused-ring (bicyclic) bond motifs is 1. The Labute approximate surface area is 226 Å². The number of aliphatic hydroxyl groups excluding tert-OH is 1. The van der Waals surface area contributed by atoms with Crippen LogP contribution in [0.1, 0.15) is 12.0 Å². The predicted molar refractivity (Wildman–Crippen MR) is 147 cm³/mol. The number of amides is 2. The first-order valence-corrected chi connectivity index (χ1v) is 13.0. The van der Waals surface area contributed by atoms with Crippen LogP contribution in [0.25, 0.3) is 10.9 Å². The van der Waals surface area contributed by atoms with E-state index < -0.39 is 12.1 Å². The number of likely N-dealkylation sites (tertiary alicyclic amines) is 1. The molecule has 39 heavy (non-hydrogen) atoms. The number of benzene rings is 2. The highest BCUT2D eigenvalue weighted by Crippen LogP contribution is 2.24. The lowest BCUT2D eigenvalue weighted by molar-refractivity contribution is -0.125. The van der Waals surface area contributed by atoms with Crippen LogP contribution in [0.15, 0.2) is 77.6 Å². The normalized spacial score (nSPS) is 17.5. The Bertz CT molecular complexity index is 1360. The monoisotopic (exact) mass is 534 g/mol. The molecule has 0 saturated carbocycles. The summed E-state index contributed by atoms with van der Waals surface area (Å²) in [7, 11) is 0. The molecule has 1 aliphatic heterocycles. The van der Waals surface area contributed by atoms with E-state index in [2.05, 4.69) is 10.6 Å². The Morgan fingerprint density at radius 1 is 1.03 bits per heavy atom. The van der Waals surface area contributed by atoms with Crippen LogP contribution in [0.2, 0.25) is 0 Å². The second-order valence-electron chi connectivity index (χ2n) is 9.52. The van der Waals surface area contributed by atoms with Gasteiger partial charge in [-0.1, -0.05) is 42.5 Å². The summed E-state index contributed by atoms with van der Waals surface area (Å²) < 4.78 is 6.90. The van der Waals surface area contributed by atoms with Gasteiger partial charge in [-0.15, -0.1) is 0 Å². The molecule has 0 aliphatic carbocycles. The van der Waals surface area contributed by atoms with Crippen molar-refractivity contribution in [1.29, 1.82) is 0 Å². The quantitative estimate of drug-likeness (QED) is 0.277. The lowest BCUT2D eigenvalue weighted by Crippen LogP contribution is -2.44. The number of aromatic nitrogens is 1. The molecule has 206 valence electrons. The average molecular weight is 535 g/mol. The maximum atomic E-state index is 13.0. The zero-order valence-electron chi connectivity index (χ0n) is 21.7. The van der Waals surface area contributed by atoms with Gasteiger partial charge in [-0.3, -0.25) is 14.5 Å². The van der Waals surface area contributed by atoms with Crippen LogP contribution in [-0.4, -0.2) is 70.5 Å². The predicted octanol–water partition coefficient (Wildman–Crippen LogP) is 1.99. The second kappa shape index (κ2) is 13.6. The van der Waals surface area contributed by atoms with Gasteiger partial charge in [0.2, 0.25) is 5.91 Å². The number of phenolic OH excluding ortho intramolecular Hbond substituents is 1. The molecule has 10 heteroatoms. The first kappa shape index (κ1) is 27.9. The number of alkyl carbamates (subject to hydrolysis) is 1. The van der Waals surface area contributed by atoms with Gasteiger partial charge in [0.05, 0.1) is 18.2 Å². The summed E-state index contributed by atoms with van der Waals surface area (Å²) in [5, 5.41) is 25.4. The Morgan fingerprint density at radius 2 is 1.82 bits per heavy atom. The van der Waals surface area contributed by atoms with Gasteiger partial charge in [0.25, 0.3) is 5.56 Å². The largest absolute Gasteiger partial charge is 0.508 e. The van der Waals surface area contributed by atoms with Crippen molar-refractivity contribution in [3.05, 3.63) is 88.7 Å². The molecule has 4 rings (SSSR count). The summed E-state index contributed by atoms with van der Waals surface area (Å²) in [4.78, 5) is 40.0. The molecular weight excluding hydrogens is 500 g/mol. The molecule has 1 saturated heterocycles. The lowest BCUT2D eigenvalue weighted by Gasteiger charge is -2.24. The minimum atomic E-state index is -0.519. The van der Waals surface area contributed by atoms with E-state index in [4.69, 9.17) is 9.84 Å². The van der Waals surface area contributed by atoms with Crippen LogP contribution in [0, 0.1) is 5.92 Å². The number of pyridine rings is 1.